The normalized spacial score (nSPS) is 18.1. The topological polar surface area (TPSA) is 55.8 Å². The van der Waals surface area contributed by atoms with Crippen LogP contribution in [0.4, 0.5) is 4.79 Å². The zero-order valence-corrected chi connectivity index (χ0v) is 22.4. The van der Waals surface area contributed by atoms with E-state index >= 15 is 0 Å². The number of hydrogen-bond donors (Lipinski definition) is 1. The number of aliphatic hydroxyl groups excluding tert-OH is 1. The zero-order valence-electron chi connectivity index (χ0n) is 18.1. The van der Waals surface area contributed by atoms with Gasteiger partial charge in [-0.2, -0.15) is 0 Å². The lowest BCUT2D eigenvalue weighted by atomic mass is 9.95. The zero-order chi connectivity index (χ0) is 22.9. The summed E-state index contributed by atoms with van der Waals surface area (Å²) in [6.45, 7) is 2.56. The number of carbonyl (C=O) groups is 1. The molecule has 2 aromatic carbocycles. The van der Waals surface area contributed by atoms with Gasteiger partial charge in [0, 0.05) is 19.1 Å². The molecule has 0 spiro atoms. The van der Waals surface area contributed by atoms with E-state index in [4.69, 9.17) is 9.47 Å². The Bertz CT molecular complexity index is 984. The van der Waals surface area contributed by atoms with E-state index in [2.05, 4.69) is 76.4 Å². The number of carbonyl (C=O) groups excluding carboxylic acids is 1. The quantitative estimate of drug-likeness (QED) is 0.202. The lowest BCUT2D eigenvalue weighted by molar-refractivity contribution is 0.0224. The molecule has 0 aliphatic heterocycles. The lowest BCUT2D eigenvalue weighted by Crippen LogP contribution is -2.15. The minimum Gasteiger partial charge on any atom is -0.434 e. The van der Waals surface area contributed by atoms with Crippen LogP contribution in [0.3, 0.4) is 0 Å². The summed E-state index contributed by atoms with van der Waals surface area (Å²) in [6.07, 6.45) is 11.6. The highest BCUT2D eigenvalue weighted by molar-refractivity contribution is 14.1. The minimum atomic E-state index is -0.564. The first-order valence-corrected chi connectivity index (χ1v) is 13.1. The van der Waals surface area contributed by atoms with Crippen molar-refractivity contribution in [3.05, 3.63) is 77.9 Å². The molecule has 0 amide bonds. The standard InChI is InChI=1S/C16H19IO3.C10H9IO/c1-2-3-4-10-19-16(18)20-15-7-5-6-12-11-13(17)8-9-14(12)15;11-8-4-5-9-7(6-8)2-1-3-10(9)12/h5-6,8-9,11,15H,2-4,7,10H2,1H3;1-2,4-6,10,12H,3H2. The Labute approximate surface area is 217 Å². The van der Waals surface area contributed by atoms with E-state index in [1.165, 1.54) is 7.14 Å². The summed E-state index contributed by atoms with van der Waals surface area (Å²) in [5.74, 6) is 0. The van der Waals surface area contributed by atoms with Gasteiger partial charge in [-0.1, -0.05) is 56.2 Å². The van der Waals surface area contributed by atoms with Crippen LogP contribution in [0, 0.1) is 7.14 Å². The summed E-state index contributed by atoms with van der Waals surface area (Å²) >= 11 is 4.56. The summed E-state index contributed by atoms with van der Waals surface area (Å²) in [5, 5.41) is 9.60. The number of rotatable bonds is 5. The Kier molecular flexibility index (Phi) is 10.1. The van der Waals surface area contributed by atoms with Crippen molar-refractivity contribution in [3.63, 3.8) is 0 Å². The molecule has 0 heterocycles. The van der Waals surface area contributed by atoms with Crippen LogP contribution < -0.4 is 0 Å². The van der Waals surface area contributed by atoms with Crippen LogP contribution in [0.2, 0.25) is 0 Å². The smallest absolute Gasteiger partial charge is 0.434 e. The van der Waals surface area contributed by atoms with Gasteiger partial charge in [0.1, 0.15) is 6.10 Å². The van der Waals surface area contributed by atoms with E-state index < -0.39 is 6.16 Å². The highest BCUT2D eigenvalue weighted by atomic mass is 127. The van der Waals surface area contributed by atoms with Crippen LogP contribution in [0.25, 0.3) is 12.2 Å². The fourth-order valence-corrected chi connectivity index (χ4v) is 4.67. The molecule has 0 fully saturated rings. The van der Waals surface area contributed by atoms with Crippen LogP contribution in [0.5, 0.6) is 0 Å². The average Bonchev–Trinajstić information content (AvgIpc) is 2.77. The second-order valence-electron chi connectivity index (χ2n) is 7.75. The molecule has 0 radical (unpaired) electrons. The Morgan fingerprint density at radius 2 is 1.59 bits per heavy atom. The first kappa shape index (κ1) is 25.2. The molecule has 170 valence electrons. The number of ether oxygens (including phenoxy) is 2. The van der Waals surface area contributed by atoms with Crippen LogP contribution in [-0.2, 0) is 9.47 Å². The Morgan fingerprint density at radius 1 is 0.969 bits per heavy atom. The fourth-order valence-electron chi connectivity index (χ4n) is 3.64. The van der Waals surface area contributed by atoms with Gasteiger partial charge < -0.3 is 14.6 Å². The molecule has 32 heavy (non-hydrogen) atoms. The highest BCUT2D eigenvalue weighted by Gasteiger charge is 2.21. The van der Waals surface area contributed by atoms with Gasteiger partial charge in [-0.3, -0.25) is 0 Å². The molecule has 0 saturated heterocycles. The van der Waals surface area contributed by atoms with Gasteiger partial charge in [0.25, 0.3) is 0 Å². The fraction of sp³-hybridized carbons (Fsp3) is 0.346. The van der Waals surface area contributed by atoms with Gasteiger partial charge in [0.05, 0.1) is 12.7 Å². The molecule has 0 aromatic heterocycles. The molecular weight excluding hydrogens is 630 g/mol. The van der Waals surface area contributed by atoms with E-state index in [-0.39, 0.29) is 12.2 Å². The summed E-state index contributed by atoms with van der Waals surface area (Å²) in [6, 6.07) is 12.3. The molecule has 4 rings (SSSR count). The highest BCUT2D eigenvalue weighted by Crippen LogP contribution is 2.32. The van der Waals surface area contributed by atoms with Gasteiger partial charge >= 0.3 is 6.16 Å². The molecule has 2 atom stereocenters. The van der Waals surface area contributed by atoms with Crippen molar-refractivity contribution in [2.45, 2.75) is 51.2 Å². The number of aliphatic hydroxyl groups is 1. The van der Waals surface area contributed by atoms with Gasteiger partial charge in [0.15, 0.2) is 0 Å². The first-order chi connectivity index (χ1) is 15.5. The van der Waals surface area contributed by atoms with Gasteiger partial charge in [-0.05, 0) is 99.0 Å². The van der Waals surface area contributed by atoms with Crippen LogP contribution >= 0.6 is 45.2 Å². The molecule has 2 unspecified atom stereocenters. The summed E-state index contributed by atoms with van der Waals surface area (Å²) in [7, 11) is 0. The van der Waals surface area contributed by atoms with Crippen molar-refractivity contribution in [1.82, 2.24) is 0 Å². The summed E-state index contributed by atoms with van der Waals surface area (Å²) in [4.78, 5) is 11.7. The Morgan fingerprint density at radius 3 is 2.28 bits per heavy atom. The minimum absolute atomic E-state index is 0.231. The molecule has 0 bridgehead atoms. The van der Waals surface area contributed by atoms with E-state index in [9.17, 15) is 9.90 Å². The van der Waals surface area contributed by atoms with Crippen LogP contribution in [0.15, 0.2) is 48.6 Å². The number of hydrogen-bond acceptors (Lipinski definition) is 4. The lowest BCUT2D eigenvalue weighted by Gasteiger charge is -2.21. The largest absolute Gasteiger partial charge is 0.508 e. The van der Waals surface area contributed by atoms with Crippen molar-refractivity contribution in [2.75, 3.05) is 6.61 Å². The monoisotopic (exact) mass is 658 g/mol. The number of benzene rings is 2. The van der Waals surface area contributed by atoms with Crippen molar-refractivity contribution in [2.24, 2.45) is 0 Å². The van der Waals surface area contributed by atoms with E-state index in [0.717, 1.165) is 47.9 Å². The molecule has 6 heteroatoms. The molecule has 2 aromatic rings. The van der Waals surface area contributed by atoms with Crippen molar-refractivity contribution in [3.8, 4) is 0 Å². The Hall–Kier alpha value is -1.39. The van der Waals surface area contributed by atoms with E-state index in [0.29, 0.717) is 13.0 Å². The third kappa shape index (κ3) is 7.31. The molecule has 4 nitrogen and oxygen atoms in total. The molecule has 0 saturated carbocycles. The second-order valence-corrected chi connectivity index (χ2v) is 10.2. The van der Waals surface area contributed by atoms with Crippen LogP contribution in [0.1, 0.15) is 73.5 Å². The van der Waals surface area contributed by atoms with E-state index in [1.54, 1.807) is 0 Å². The second kappa shape index (κ2) is 12.7. The maximum absolute atomic E-state index is 11.7. The maximum atomic E-state index is 11.7. The van der Waals surface area contributed by atoms with Gasteiger partial charge in [-0.25, -0.2) is 4.79 Å². The average molecular weight is 658 g/mol. The Balaban J connectivity index is 0.000000204. The van der Waals surface area contributed by atoms with Crippen molar-refractivity contribution >= 4 is 63.5 Å². The number of fused-ring (bicyclic) bond motifs is 2. The van der Waals surface area contributed by atoms with Crippen molar-refractivity contribution < 1.29 is 19.4 Å². The third-order valence-corrected chi connectivity index (χ3v) is 6.66. The van der Waals surface area contributed by atoms with Gasteiger partial charge in [-0.15, -0.1) is 0 Å². The maximum Gasteiger partial charge on any atom is 0.508 e. The van der Waals surface area contributed by atoms with Crippen molar-refractivity contribution in [1.29, 1.82) is 0 Å². The summed E-state index contributed by atoms with van der Waals surface area (Å²) in [5.41, 5.74) is 4.38. The number of unbranched alkanes of at least 4 members (excludes halogenated alkanes) is 2. The predicted molar refractivity (Wildman–Crippen MR) is 145 cm³/mol. The first-order valence-electron chi connectivity index (χ1n) is 10.9. The predicted octanol–water partition coefficient (Wildman–Crippen LogP) is 7.83. The molecule has 2 aliphatic carbocycles. The SMILES string of the molecule is CCCCCOC(=O)OC1CC=Cc2cc(I)ccc21.OC1CC=Cc2cc(I)ccc21. The van der Waals surface area contributed by atoms with E-state index in [1.807, 2.05) is 36.4 Å². The summed E-state index contributed by atoms with van der Waals surface area (Å²) < 4.78 is 12.9. The molecular formula is C26H28I2O4. The van der Waals surface area contributed by atoms with Gasteiger partial charge in [0.2, 0.25) is 0 Å². The molecule has 1 N–H and O–H groups in total. The third-order valence-electron chi connectivity index (χ3n) is 5.31. The molecule has 2 aliphatic rings. The number of halogens is 2. The van der Waals surface area contributed by atoms with Crippen LogP contribution in [-0.4, -0.2) is 17.9 Å².